The van der Waals surface area contributed by atoms with Gasteiger partial charge in [0, 0.05) is 23.7 Å². The topological polar surface area (TPSA) is 91.1 Å². The number of aliphatic hydroxyl groups is 1. The summed E-state index contributed by atoms with van der Waals surface area (Å²) in [4.78, 5) is 45.5. The third-order valence-corrected chi connectivity index (χ3v) is 7.44. The maximum Gasteiger partial charge on any atom is 0.291 e. The van der Waals surface area contributed by atoms with Crippen molar-refractivity contribution in [2.45, 2.75) is 25.4 Å². The standard InChI is InChI=1S/C29H23ClN2O5/c1-17-7-12-23-20(15-17)25(34)24-26(37-23)27(35)32(13-4-14-33)29(24)21-5-2-3-6-22(21)31(28(29)36)16-18-8-10-19(30)11-9-18/h2-3,5-12,15,33H,4,13-14,16H2,1H3. The minimum absolute atomic E-state index is 0.0320. The zero-order chi connectivity index (χ0) is 25.9. The lowest BCUT2D eigenvalue weighted by Crippen LogP contribution is -2.53. The summed E-state index contributed by atoms with van der Waals surface area (Å²) < 4.78 is 6.04. The summed E-state index contributed by atoms with van der Waals surface area (Å²) in [5.74, 6) is -1.08. The SMILES string of the molecule is Cc1ccc2oc3c(c(=O)c2c1)C1(C(=O)N(Cc2ccc(Cl)cc2)c2ccccc21)N(CCCO)C3=O. The predicted octanol–water partition coefficient (Wildman–Crippen LogP) is 4.38. The largest absolute Gasteiger partial charge is 0.450 e. The Kier molecular flexibility index (Phi) is 5.44. The third kappa shape index (κ3) is 3.27. The van der Waals surface area contributed by atoms with Crippen molar-refractivity contribution >= 4 is 40.1 Å². The molecule has 3 aromatic carbocycles. The van der Waals surface area contributed by atoms with E-state index < -0.39 is 22.8 Å². The number of fused-ring (bicyclic) bond motifs is 5. The van der Waals surface area contributed by atoms with Crippen LogP contribution in [0.25, 0.3) is 11.0 Å². The second-order valence-electron chi connectivity index (χ2n) is 9.41. The van der Waals surface area contributed by atoms with Gasteiger partial charge < -0.3 is 19.3 Å². The molecule has 8 heteroatoms. The van der Waals surface area contributed by atoms with Gasteiger partial charge in [-0.25, -0.2) is 0 Å². The molecule has 1 atom stereocenters. The molecule has 186 valence electrons. The van der Waals surface area contributed by atoms with Gasteiger partial charge in [0.05, 0.1) is 23.2 Å². The number of hydrogen-bond donors (Lipinski definition) is 1. The monoisotopic (exact) mass is 514 g/mol. The van der Waals surface area contributed by atoms with Crippen LogP contribution in [0.1, 0.15) is 39.2 Å². The van der Waals surface area contributed by atoms with Crippen molar-refractivity contribution in [3.05, 3.63) is 110 Å². The van der Waals surface area contributed by atoms with E-state index >= 15 is 0 Å². The number of anilines is 1. The normalized spacial score (nSPS) is 18.2. The van der Waals surface area contributed by atoms with Crippen molar-refractivity contribution in [2.75, 3.05) is 18.1 Å². The van der Waals surface area contributed by atoms with E-state index in [-0.39, 0.29) is 37.4 Å². The Morgan fingerprint density at radius 1 is 1.00 bits per heavy atom. The summed E-state index contributed by atoms with van der Waals surface area (Å²) >= 11 is 6.06. The van der Waals surface area contributed by atoms with Crippen LogP contribution in [0, 0.1) is 6.92 Å². The van der Waals surface area contributed by atoms with Crippen molar-refractivity contribution in [1.82, 2.24) is 4.90 Å². The summed E-state index contributed by atoms with van der Waals surface area (Å²) in [6, 6.07) is 19.6. The van der Waals surface area contributed by atoms with Gasteiger partial charge in [-0.2, -0.15) is 0 Å². The number of halogens is 1. The maximum absolute atomic E-state index is 14.6. The molecule has 0 saturated carbocycles. The molecule has 2 aliphatic heterocycles. The fourth-order valence-corrected chi connectivity index (χ4v) is 5.69. The molecule has 1 spiro atoms. The van der Waals surface area contributed by atoms with E-state index in [0.29, 0.717) is 27.2 Å². The molecular formula is C29H23ClN2O5. The van der Waals surface area contributed by atoms with E-state index in [2.05, 4.69) is 0 Å². The first kappa shape index (κ1) is 23.5. The van der Waals surface area contributed by atoms with Crippen molar-refractivity contribution in [2.24, 2.45) is 0 Å². The Bertz CT molecular complexity index is 1640. The Balaban J connectivity index is 1.64. The number of carbonyl (C=O) groups is 2. The summed E-state index contributed by atoms with van der Waals surface area (Å²) in [6.45, 7) is 1.99. The Labute approximate surface area is 217 Å². The van der Waals surface area contributed by atoms with Gasteiger partial charge >= 0.3 is 0 Å². The number of carbonyl (C=O) groups excluding carboxylic acids is 2. The van der Waals surface area contributed by atoms with Gasteiger partial charge in [0.1, 0.15) is 5.58 Å². The van der Waals surface area contributed by atoms with Gasteiger partial charge in [0.15, 0.2) is 11.0 Å². The van der Waals surface area contributed by atoms with Gasteiger partial charge in [-0.3, -0.25) is 14.4 Å². The average molecular weight is 515 g/mol. The minimum Gasteiger partial charge on any atom is -0.450 e. The highest BCUT2D eigenvalue weighted by Crippen LogP contribution is 2.52. The molecule has 2 amide bonds. The van der Waals surface area contributed by atoms with Crippen LogP contribution >= 0.6 is 11.6 Å². The van der Waals surface area contributed by atoms with E-state index in [1.807, 2.05) is 31.2 Å². The van der Waals surface area contributed by atoms with E-state index in [1.54, 1.807) is 47.4 Å². The second-order valence-corrected chi connectivity index (χ2v) is 9.85. The predicted molar refractivity (Wildman–Crippen MR) is 140 cm³/mol. The molecule has 0 bridgehead atoms. The Hall–Kier alpha value is -3.94. The van der Waals surface area contributed by atoms with Gasteiger partial charge in [-0.15, -0.1) is 0 Å². The lowest BCUT2D eigenvalue weighted by atomic mass is 9.84. The quantitative estimate of drug-likeness (QED) is 0.427. The van der Waals surface area contributed by atoms with Crippen molar-refractivity contribution < 1.29 is 19.1 Å². The molecular weight excluding hydrogens is 492 g/mol. The molecule has 1 unspecified atom stereocenters. The molecule has 1 N–H and O–H groups in total. The fraction of sp³-hybridized carbons (Fsp3) is 0.207. The smallest absolute Gasteiger partial charge is 0.291 e. The number of amides is 2. The number of nitrogens with zero attached hydrogens (tertiary/aromatic N) is 2. The molecule has 2 aliphatic rings. The molecule has 0 aliphatic carbocycles. The Morgan fingerprint density at radius 2 is 1.76 bits per heavy atom. The first-order chi connectivity index (χ1) is 17.9. The summed E-state index contributed by atoms with van der Waals surface area (Å²) in [7, 11) is 0. The highest BCUT2D eigenvalue weighted by Gasteiger charge is 2.64. The summed E-state index contributed by atoms with van der Waals surface area (Å²) in [5.41, 5.74) is 1.08. The van der Waals surface area contributed by atoms with Crippen LogP contribution < -0.4 is 10.3 Å². The highest BCUT2D eigenvalue weighted by molar-refractivity contribution is 6.30. The lowest BCUT2D eigenvalue weighted by Gasteiger charge is -2.34. The van der Waals surface area contributed by atoms with Gasteiger partial charge in [-0.05, 0) is 49.2 Å². The fourth-order valence-electron chi connectivity index (χ4n) is 5.56. The number of hydrogen-bond acceptors (Lipinski definition) is 5. The Morgan fingerprint density at radius 3 is 2.51 bits per heavy atom. The molecule has 3 heterocycles. The number of para-hydroxylation sites is 1. The molecule has 6 rings (SSSR count). The van der Waals surface area contributed by atoms with Crippen LogP contribution in [0.15, 0.2) is 75.9 Å². The van der Waals surface area contributed by atoms with Crippen molar-refractivity contribution in [1.29, 1.82) is 0 Å². The van der Waals surface area contributed by atoms with Crippen LogP contribution in [0.3, 0.4) is 0 Å². The van der Waals surface area contributed by atoms with E-state index in [1.165, 1.54) is 4.90 Å². The first-order valence-corrected chi connectivity index (χ1v) is 12.4. The summed E-state index contributed by atoms with van der Waals surface area (Å²) in [6.07, 6.45) is 0.237. The number of benzene rings is 3. The van der Waals surface area contributed by atoms with Crippen molar-refractivity contribution in [3.63, 3.8) is 0 Å². The molecule has 0 fully saturated rings. The van der Waals surface area contributed by atoms with Crippen LogP contribution in [0.4, 0.5) is 5.69 Å². The van der Waals surface area contributed by atoms with Gasteiger partial charge in [0.25, 0.3) is 11.8 Å². The molecule has 37 heavy (non-hydrogen) atoms. The van der Waals surface area contributed by atoms with Crippen LogP contribution in [-0.2, 0) is 16.9 Å². The molecule has 1 aromatic heterocycles. The average Bonchev–Trinajstić information content (AvgIpc) is 3.29. The van der Waals surface area contributed by atoms with Gasteiger partial charge in [-0.1, -0.05) is 53.6 Å². The van der Waals surface area contributed by atoms with Crippen LogP contribution in [-0.4, -0.2) is 35.0 Å². The molecule has 0 radical (unpaired) electrons. The van der Waals surface area contributed by atoms with Crippen LogP contribution in [0.5, 0.6) is 0 Å². The van der Waals surface area contributed by atoms with E-state index in [4.69, 9.17) is 16.0 Å². The maximum atomic E-state index is 14.6. The van der Waals surface area contributed by atoms with E-state index in [0.717, 1.165) is 11.1 Å². The lowest BCUT2D eigenvalue weighted by molar-refractivity contribution is -0.126. The summed E-state index contributed by atoms with van der Waals surface area (Å²) in [5, 5.41) is 10.5. The molecule has 4 aromatic rings. The highest BCUT2D eigenvalue weighted by atomic mass is 35.5. The van der Waals surface area contributed by atoms with Crippen LogP contribution in [0.2, 0.25) is 5.02 Å². The van der Waals surface area contributed by atoms with E-state index in [9.17, 15) is 19.5 Å². The van der Waals surface area contributed by atoms with Crippen molar-refractivity contribution in [3.8, 4) is 0 Å². The zero-order valence-electron chi connectivity index (χ0n) is 20.0. The number of aliphatic hydroxyl groups excluding tert-OH is 1. The second kappa shape index (κ2) is 8.57. The number of rotatable bonds is 5. The van der Waals surface area contributed by atoms with Gasteiger partial charge in [0.2, 0.25) is 5.76 Å². The molecule has 7 nitrogen and oxygen atoms in total. The minimum atomic E-state index is -1.69. The molecule has 0 saturated heterocycles. The first-order valence-electron chi connectivity index (χ1n) is 12.0. The third-order valence-electron chi connectivity index (χ3n) is 7.18. The number of aryl methyl sites for hydroxylation is 1. The zero-order valence-corrected chi connectivity index (χ0v) is 20.8.